The van der Waals surface area contributed by atoms with Crippen LogP contribution in [0.5, 0.6) is 11.5 Å². The summed E-state index contributed by atoms with van der Waals surface area (Å²) in [5.41, 5.74) is 7.89. The van der Waals surface area contributed by atoms with E-state index in [0.29, 0.717) is 59.1 Å². The second kappa shape index (κ2) is 11.5. The van der Waals surface area contributed by atoms with Gasteiger partial charge in [-0.3, -0.25) is 9.59 Å². The molecule has 1 heterocycles. The largest absolute Gasteiger partial charge is 0.490 e. The van der Waals surface area contributed by atoms with Gasteiger partial charge in [-0.2, -0.15) is 5.26 Å². The number of nitrogens with two attached hydrogens (primary N) is 1. The number of methoxy groups -OCH3 is 1. The second-order valence-corrected chi connectivity index (χ2v) is 10.2. The lowest BCUT2D eigenvalue weighted by atomic mass is 9.70. The average molecular weight is 546 g/mol. The molecule has 1 aliphatic heterocycles. The van der Waals surface area contributed by atoms with Gasteiger partial charge in [-0.25, -0.2) is 4.79 Å². The van der Waals surface area contributed by atoms with E-state index in [9.17, 15) is 19.6 Å². The van der Waals surface area contributed by atoms with Gasteiger partial charge in [0.2, 0.25) is 5.88 Å². The molecule has 2 aliphatic rings. The number of nitriles is 1. The van der Waals surface area contributed by atoms with E-state index in [-0.39, 0.29) is 29.3 Å². The summed E-state index contributed by atoms with van der Waals surface area (Å²) in [5.74, 6) is -0.567. The fourth-order valence-corrected chi connectivity index (χ4v) is 4.86. The molecule has 3 N–H and O–H groups in total. The van der Waals surface area contributed by atoms with Gasteiger partial charge in [0.15, 0.2) is 23.9 Å². The molecule has 0 fully saturated rings. The Labute approximate surface area is 232 Å². The van der Waals surface area contributed by atoms with E-state index in [0.717, 1.165) is 0 Å². The molecule has 0 spiro atoms. The van der Waals surface area contributed by atoms with Crippen LogP contribution < -0.4 is 20.5 Å². The van der Waals surface area contributed by atoms with Crippen molar-refractivity contribution >= 4 is 23.3 Å². The number of hydrogen-bond acceptors (Lipinski definition) is 9. The summed E-state index contributed by atoms with van der Waals surface area (Å²) >= 11 is 0. The molecular formula is C30H31N3O7. The summed E-state index contributed by atoms with van der Waals surface area (Å²) in [5, 5.41) is 12.6. The Hall–Kier alpha value is -4.78. The van der Waals surface area contributed by atoms with Crippen LogP contribution in [0.4, 0.5) is 5.69 Å². The number of ketones is 1. The average Bonchev–Trinajstić information content (AvgIpc) is 2.91. The maximum Gasteiger partial charge on any atom is 0.337 e. The van der Waals surface area contributed by atoms with Gasteiger partial charge in [0.05, 0.1) is 25.2 Å². The van der Waals surface area contributed by atoms with E-state index in [1.54, 1.807) is 42.5 Å². The Balaban J connectivity index is 1.56. The van der Waals surface area contributed by atoms with Crippen molar-refractivity contribution in [1.29, 1.82) is 5.26 Å². The molecule has 40 heavy (non-hydrogen) atoms. The van der Waals surface area contributed by atoms with Crippen molar-refractivity contribution < 1.29 is 33.3 Å². The van der Waals surface area contributed by atoms with Gasteiger partial charge in [0.25, 0.3) is 5.91 Å². The van der Waals surface area contributed by atoms with Gasteiger partial charge in [-0.15, -0.1) is 0 Å². The van der Waals surface area contributed by atoms with Gasteiger partial charge < -0.3 is 30.0 Å². The summed E-state index contributed by atoms with van der Waals surface area (Å²) in [6.07, 6.45) is 0.842. The molecule has 2 aromatic rings. The van der Waals surface area contributed by atoms with Crippen molar-refractivity contribution in [3.8, 4) is 17.6 Å². The third-order valence-corrected chi connectivity index (χ3v) is 6.62. The first kappa shape index (κ1) is 28.2. The number of hydrogen-bond donors (Lipinski definition) is 2. The first-order chi connectivity index (χ1) is 19.1. The number of anilines is 1. The van der Waals surface area contributed by atoms with E-state index in [1.807, 2.05) is 20.8 Å². The molecule has 10 nitrogen and oxygen atoms in total. The molecule has 0 radical (unpaired) electrons. The van der Waals surface area contributed by atoms with Crippen molar-refractivity contribution in [2.24, 2.45) is 11.1 Å². The van der Waals surface area contributed by atoms with Crippen LogP contribution in [0, 0.1) is 16.7 Å². The molecule has 208 valence electrons. The lowest BCUT2D eigenvalue weighted by Crippen LogP contribution is -2.33. The lowest BCUT2D eigenvalue weighted by molar-refractivity contribution is -0.119. The van der Waals surface area contributed by atoms with Gasteiger partial charge in [-0.1, -0.05) is 19.9 Å². The standard InChI is InChI=1S/C30H31N3O7/c1-5-38-23-12-18(26-20(15-31)28(32)40-24-14-30(2,3)13-21(34)27(24)26)8-11-22(23)39-16-25(35)33-19-9-6-17(7-10-19)29(36)37-4/h6-12,26H,5,13-14,16,32H2,1-4H3,(H,33,35). The van der Waals surface area contributed by atoms with Crippen LogP contribution in [-0.2, 0) is 19.1 Å². The number of amides is 1. The van der Waals surface area contributed by atoms with Crippen LogP contribution in [0.25, 0.3) is 0 Å². The number of nitrogens with one attached hydrogen (secondary N) is 1. The van der Waals surface area contributed by atoms with Crippen LogP contribution in [-0.4, -0.2) is 38.0 Å². The van der Waals surface area contributed by atoms with Crippen molar-refractivity contribution in [2.45, 2.75) is 39.5 Å². The van der Waals surface area contributed by atoms with Crippen LogP contribution in [0.1, 0.15) is 55.5 Å². The zero-order valence-electron chi connectivity index (χ0n) is 22.8. The minimum absolute atomic E-state index is 0.0219. The Morgan fingerprint density at radius 3 is 2.50 bits per heavy atom. The first-order valence-electron chi connectivity index (χ1n) is 12.8. The monoisotopic (exact) mass is 545 g/mol. The highest BCUT2D eigenvalue weighted by Crippen LogP contribution is 2.48. The third-order valence-electron chi connectivity index (χ3n) is 6.62. The molecular weight excluding hydrogens is 514 g/mol. The normalized spacial score (nSPS) is 17.8. The maximum atomic E-state index is 13.2. The molecule has 10 heteroatoms. The second-order valence-electron chi connectivity index (χ2n) is 10.2. The molecule has 1 aliphatic carbocycles. The number of ether oxygens (including phenoxy) is 4. The van der Waals surface area contributed by atoms with E-state index >= 15 is 0 Å². The van der Waals surface area contributed by atoms with E-state index < -0.39 is 17.8 Å². The predicted molar refractivity (Wildman–Crippen MR) is 145 cm³/mol. The van der Waals surface area contributed by atoms with Crippen molar-refractivity contribution in [3.05, 3.63) is 76.4 Å². The number of allylic oxidation sites excluding steroid dienone is 3. The van der Waals surface area contributed by atoms with Gasteiger partial charge in [-0.05, 0) is 54.3 Å². The van der Waals surface area contributed by atoms with Crippen molar-refractivity contribution in [2.75, 3.05) is 25.6 Å². The number of nitrogens with zero attached hydrogens (tertiary/aromatic N) is 1. The van der Waals surface area contributed by atoms with Crippen LogP contribution in [0.15, 0.2) is 65.3 Å². The zero-order valence-corrected chi connectivity index (χ0v) is 22.8. The topological polar surface area (TPSA) is 150 Å². The Kier molecular flexibility index (Phi) is 8.14. The first-order valence-corrected chi connectivity index (χ1v) is 12.8. The fraction of sp³-hybridized carbons (Fsp3) is 0.333. The summed E-state index contributed by atoms with van der Waals surface area (Å²) < 4.78 is 22.0. The van der Waals surface area contributed by atoms with E-state index in [2.05, 4.69) is 16.1 Å². The summed E-state index contributed by atoms with van der Waals surface area (Å²) in [7, 11) is 1.29. The number of rotatable bonds is 8. The lowest BCUT2D eigenvalue weighted by Gasteiger charge is -2.37. The Bertz CT molecular complexity index is 1450. The predicted octanol–water partition coefficient (Wildman–Crippen LogP) is 4.34. The third kappa shape index (κ3) is 5.94. The van der Waals surface area contributed by atoms with Crippen LogP contribution in [0.3, 0.4) is 0 Å². The number of esters is 1. The highest BCUT2D eigenvalue weighted by molar-refractivity contribution is 6.00. The molecule has 1 atom stereocenters. The van der Waals surface area contributed by atoms with Gasteiger partial charge >= 0.3 is 5.97 Å². The molecule has 0 saturated heterocycles. The Morgan fingerprint density at radius 1 is 1.12 bits per heavy atom. The number of Topliss-reactive ketones (excluding diaryl/α,β-unsaturated/α-hetero) is 1. The Morgan fingerprint density at radius 2 is 1.85 bits per heavy atom. The number of carbonyl (C=O) groups is 3. The van der Waals surface area contributed by atoms with E-state index in [4.69, 9.17) is 19.9 Å². The number of carbonyl (C=O) groups excluding carboxylic acids is 3. The smallest absolute Gasteiger partial charge is 0.337 e. The fourth-order valence-electron chi connectivity index (χ4n) is 4.86. The molecule has 0 saturated carbocycles. The van der Waals surface area contributed by atoms with Crippen LogP contribution in [0.2, 0.25) is 0 Å². The van der Waals surface area contributed by atoms with Gasteiger partial charge in [0, 0.05) is 24.1 Å². The molecule has 2 aromatic carbocycles. The molecule has 0 aromatic heterocycles. The quantitative estimate of drug-likeness (QED) is 0.462. The SMILES string of the molecule is CCOc1cc(C2C(C#N)=C(N)OC3=C2C(=O)CC(C)(C)C3)ccc1OCC(=O)Nc1ccc(C(=O)OC)cc1. The summed E-state index contributed by atoms with van der Waals surface area (Å²) in [4.78, 5) is 37.3. The molecule has 0 bridgehead atoms. The minimum atomic E-state index is -0.707. The van der Waals surface area contributed by atoms with Crippen molar-refractivity contribution in [3.63, 3.8) is 0 Å². The summed E-state index contributed by atoms with van der Waals surface area (Å²) in [6, 6.07) is 13.4. The van der Waals surface area contributed by atoms with E-state index in [1.165, 1.54) is 7.11 Å². The zero-order chi connectivity index (χ0) is 29.0. The summed E-state index contributed by atoms with van der Waals surface area (Å²) in [6.45, 7) is 5.78. The van der Waals surface area contributed by atoms with Crippen molar-refractivity contribution in [1.82, 2.24) is 0 Å². The molecule has 4 rings (SSSR count). The van der Waals surface area contributed by atoms with Crippen LogP contribution >= 0.6 is 0 Å². The molecule has 1 amide bonds. The molecule has 1 unspecified atom stereocenters. The highest BCUT2D eigenvalue weighted by atomic mass is 16.5. The highest BCUT2D eigenvalue weighted by Gasteiger charge is 2.43. The maximum absolute atomic E-state index is 13.2. The minimum Gasteiger partial charge on any atom is -0.490 e. The number of benzene rings is 2. The van der Waals surface area contributed by atoms with Gasteiger partial charge in [0.1, 0.15) is 17.4 Å².